The van der Waals surface area contributed by atoms with Crippen molar-refractivity contribution < 1.29 is 9.59 Å². The third-order valence-corrected chi connectivity index (χ3v) is 5.18. The minimum atomic E-state index is -0.421. The zero-order chi connectivity index (χ0) is 15.4. The van der Waals surface area contributed by atoms with E-state index in [-0.39, 0.29) is 18.0 Å². The van der Waals surface area contributed by atoms with Gasteiger partial charge in [-0.2, -0.15) is 0 Å². The molecule has 5 heteroatoms. The normalized spacial score (nSPS) is 28.1. The number of nitrogens with one attached hydrogen (secondary N) is 1. The van der Waals surface area contributed by atoms with Crippen LogP contribution in [0.15, 0.2) is 0 Å². The van der Waals surface area contributed by atoms with E-state index in [1.165, 1.54) is 6.42 Å². The standard InChI is InChI=1S/C16H29N3O2/c1-12-6-4-5-7-14(12)17-15(20)16(21)19(3)13-8-10-18(2)11-9-13/h12-14H,4-11H2,1-3H3,(H,17,20). The number of carbonyl (C=O) groups is 2. The van der Waals surface area contributed by atoms with Gasteiger partial charge in [0.2, 0.25) is 0 Å². The average molecular weight is 295 g/mol. The fourth-order valence-electron chi connectivity index (χ4n) is 3.47. The molecule has 2 atom stereocenters. The number of nitrogens with zero attached hydrogens (tertiary/aromatic N) is 2. The average Bonchev–Trinajstić information content (AvgIpc) is 2.49. The first-order valence-corrected chi connectivity index (χ1v) is 8.25. The lowest BCUT2D eigenvalue weighted by atomic mass is 9.86. The summed E-state index contributed by atoms with van der Waals surface area (Å²) < 4.78 is 0. The van der Waals surface area contributed by atoms with Gasteiger partial charge in [0.05, 0.1) is 0 Å². The molecule has 1 heterocycles. The molecule has 1 aliphatic carbocycles. The van der Waals surface area contributed by atoms with Gasteiger partial charge in [-0.05, 0) is 51.7 Å². The quantitative estimate of drug-likeness (QED) is 0.780. The number of likely N-dealkylation sites (N-methyl/N-ethyl adjacent to an activating group) is 1. The summed E-state index contributed by atoms with van der Waals surface area (Å²) in [6, 6.07) is 0.365. The van der Waals surface area contributed by atoms with E-state index in [4.69, 9.17) is 0 Å². The maximum atomic E-state index is 12.3. The first-order chi connectivity index (χ1) is 9.99. The summed E-state index contributed by atoms with van der Waals surface area (Å²) in [4.78, 5) is 28.4. The minimum Gasteiger partial charge on any atom is -0.345 e. The summed E-state index contributed by atoms with van der Waals surface area (Å²) >= 11 is 0. The van der Waals surface area contributed by atoms with E-state index in [0.29, 0.717) is 5.92 Å². The molecule has 2 aliphatic rings. The second kappa shape index (κ2) is 7.25. The van der Waals surface area contributed by atoms with Crippen molar-refractivity contribution in [3.05, 3.63) is 0 Å². The van der Waals surface area contributed by atoms with E-state index in [1.807, 2.05) is 0 Å². The molecule has 1 aliphatic heterocycles. The Balaban J connectivity index is 1.85. The van der Waals surface area contributed by atoms with Crippen molar-refractivity contribution in [2.75, 3.05) is 27.2 Å². The molecule has 0 aromatic rings. The molecule has 120 valence electrons. The number of carbonyl (C=O) groups excluding carboxylic acids is 2. The molecule has 1 N–H and O–H groups in total. The third kappa shape index (κ3) is 4.19. The van der Waals surface area contributed by atoms with Gasteiger partial charge in [0.15, 0.2) is 0 Å². The van der Waals surface area contributed by atoms with Crippen molar-refractivity contribution in [1.82, 2.24) is 15.1 Å². The van der Waals surface area contributed by atoms with Gasteiger partial charge in [-0.25, -0.2) is 0 Å². The maximum Gasteiger partial charge on any atom is 0.311 e. The highest BCUT2D eigenvalue weighted by atomic mass is 16.2. The Hall–Kier alpha value is -1.10. The van der Waals surface area contributed by atoms with Gasteiger partial charge in [0.1, 0.15) is 0 Å². The summed E-state index contributed by atoms with van der Waals surface area (Å²) in [6.45, 7) is 4.14. The molecule has 0 radical (unpaired) electrons. The molecule has 21 heavy (non-hydrogen) atoms. The molecule has 0 aromatic heterocycles. The summed E-state index contributed by atoms with van der Waals surface area (Å²) in [5.74, 6) is -0.318. The van der Waals surface area contributed by atoms with Crippen LogP contribution >= 0.6 is 0 Å². The molecule has 0 aromatic carbocycles. The van der Waals surface area contributed by atoms with Gasteiger partial charge in [-0.15, -0.1) is 0 Å². The fourth-order valence-corrected chi connectivity index (χ4v) is 3.47. The second-order valence-electron chi connectivity index (χ2n) is 6.79. The van der Waals surface area contributed by atoms with Crippen LogP contribution in [-0.4, -0.2) is 60.9 Å². The van der Waals surface area contributed by atoms with Crippen LogP contribution in [0.3, 0.4) is 0 Å². The largest absolute Gasteiger partial charge is 0.345 e. The maximum absolute atomic E-state index is 12.3. The van der Waals surface area contributed by atoms with Crippen LogP contribution < -0.4 is 5.32 Å². The molecule has 2 amide bonds. The highest BCUT2D eigenvalue weighted by Crippen LogP contribution is 2.23. The van der Waals surface area contributed by atoms with Crippen molar-refractivity contribution in [3.8, 4) is 0 Å². The molecule has 0 spiro atoms. The van der Waals surface area contributed by atoms with E-state index >= 15 is 0 Å². The highest BCUT2D eigenvalue weighted by Gasteiger charge is 2.30. The first kappa shape index (κ1) is 16.3. The summed E-state index contributed by atoms with van der Waals surface area (Å²) in [7, 11) is 3.86. The Bertz CT molecular complexity index is 378. The Morgan fingerprint density at radius 2 is 1.71 bits per heavy atom. The Morgan fingerprint density at radius 3 is 2.33 bits per heavy atom. The molecule has 0 bridgehead atoms. The number of likely N-dealkylation sites (tertiary alicyclic amines) is 1. The van der Waals surface area contributed by atoms with Crippen molar-refractivity contribution >= 4 is 11.8 Å². The van der Waals surface area contributed by atoms with Crippen molar-refractivity contribution in [2.24, 2.45) is 5.92 Å². The smallest absolute Gasteiger partial charge is 0.311 e. The Morgan fingerprint density at radius 1 is 1.10 bits per heavy atom. The van der Waals surface area contributed by atoms with E-state index in [0.717, 1.165) is 45.2 Å². The summed E-state index contributed by atoms with van der Waals surface area (Å²) in [6.07, 6.45) is 6.42. The predicted octanol–water partition coefficient (Wildman–Crippen LogP) is 1.23. The van der Waals surface area contributed by atoms with E-state index in [2.05, 4.69) is 24.2 Å². The number of amides is 2. The van der Waals surface area contributed by atoms with E-state index < -0.39 is 5.91 Å². The SMILES string of the molecule is CC1CCCCC1NC(=O)C(=O)N(C)C1CCN(C)CC1. The molecule has 2 rings (SSSR count). The van der Waals surface area contributed by atoms with Crippen molar-refractivity contribution in [2.45, 2.75) is 57.5 Å². The van der Waals surface area contributed by atoms with Crippen LogP contribution in [0.1, 0.15) is 45.4 Å². The minimum absolute atomic E-state index is 0.168. The lowest BCUT2D eigenvalue weighted by Gasteiger charge is -2.35. The molecule has 1 saturated carbocycles. The third-order valence-electron chi connectivity index (χ3n) is 5.18. The molecule has 2 unspecified atom stereocenters. The zero-order valence-electron chi connectivity index (χ0n) is 13.6. The van der Waals surface area contributed by atoms with E-state index in [1.54, 1.807) is 11.9 Å². The number of rotatable bonds is 2. The Kier molecular flexibility index (Phi) is 5.62. The van der Waals surface area contributed by atoms with Crippen molar-refractivity contribution in [3.63, 3.8) is 0 Å². The first-order valence-electron chi connectivity index (χ1n) is 8.25. The van der Waals surface area contributed by atoms with Gasteiger partial charge >= 0.3 is 11.8 Å². The van der Waals surface area contributed by atoms with Crippen LogP contribution in [0, 0.1) is 5.92 Å². The molecule has 5 nitrogen and oxygen atoms in total. The molecule has 2 fully saturated rings. The van der Waals surface area contributed by atoms with Crippen LogP contribution in [0.4, 0.5) is 0 Å². The fraction of sp³-hybridized carbons (Fsp3) is 0.875. The number of hydrogen-bond donors (Lipinski definition) is 1. The van der Waals surface area contributed by atoms with Crippen LogP contribution in [-0.2, 0) is 9.59 Å². The zero-order valence-corrected chi connectivity index (χ0v) is 13.6. The number of piperidine rings is 1. The molecule has 1 saturated heterocycles. The van der Waals surface area contributed by atoms with Gasteiger partial charge < -0.3 is 15.1 Å². The van der Waals surface area contributed by atoms with E-state index in [9.17, 15) is 9.59 Å². The monoisotopic (exact) mass is 295 g/mol. The van der Waals surface area contributed by atoms with Crippen LogP contribution in [0.5, 0.6) is 0 Å². The lowest BCUT2D eigenvalue weighted by Crippen LogP contribution is -2.52. The van der Waals surface area contributed by atoms with Gasteiger partial charge in [0, 0.05) is 19.1 Å². The predicted molar refractivity (Wildman–Crippen MR) is 82.9 cm³/mol. The topological polar surface area (TPSA) is 52.7 Å². The van der Waals surface area contributed by atoms with Gasteiger partial charge in [-0.3, -0.25) is 9.59 Å². The van der Waals surface area contributed by atoms with Gasteiger partial charge in [-0.1, -0.05) is 19.8 Å². The lowest BCUT2D eigenvalue weighted by molar-refractivity contribution is -0.147. The highest BCUT2D eigenvalue weighted by molar-refractivity contribution is 6.35. The van der Waals surface area contributed by atoms with Crippen LogP contribution in [0.2, 0.25) is 0 Å². The van der Waals surface area contributed by atoms with Crippen LogP contribution in [0.25, 0.3) is 0 Å². The Labute approximate surface area is 128 Å². The summed E-state index contributed by atoms with van der Waals surface area (Å²) in [5.41, 5.74) is 0. The summed E-state index contributed by atoms with van der Waals surface area (Å²) in [5, 5.41) is 2.96. The second-order valence-corrected chi connectivity index (χ2v) is 6.79. The number of hydrogen-bond acceptors (Lipinski definition) is 3. The van der Waals surface area contributed by atoms with Crippen molar-refractivity contribution in [1.29, 1.82) is 0 Å². The molecular formula is C16H29N3O2. The van der Waals surface area contributed by atoms with Gasteiger partial charge in [0.25, 0.3) is 0 Å². The molecular weight excluding hydrogens is 266 g/mol.